The van der Waals surface area contributed by atoms with Crippen molar-refractivity contribution in [1.29, 1.82) is 0 Å². The summed E-state index contributed by atoms with van der Waals surface area (Å²) in [4.78, 5) is 39.4. The van der Waals surface area contributed by atoms with Gasteiger partial charge in [0.05, 0.1) is 19.3 Å². The van der Waals surface area contributed by atoms with Crippen LogP contribution in [-0.2, 0) is 20.9 Å². The molecule has 1 aliphatic carbocycles. The minimum Gasteiger partial charge on any atom is -0.383 e. The van der Waals surface area contributed by atoms with E-state index in [2.05, 4.69) is 16.0 Å². The zero-order valence-electron chi connectivity index (χ0n) is 20.8. The van der Waals surface area contributed by atoms with Crippen molar-refractivity contribution in [3.05, 3.63) is 34.9 Å². The smallest absolute Gasteiger partial charge is 0.318 e. The second-order valence-electron chi connectivity index (χ2n) is 9.68. The molecule has 1 heterocycles. The van der Waals surface area contributed by atoms with Crippen LogP contribution in [0.25, 0.3) is 0 Å². The molecule has 3 amide bonds. The van der Waals surface area contributed by atoms with Crippen LogP contribution in [0.1, 0.15) is 56.9 Å². The van der Waals surface area contributed by atoms with Crippen molar-refractivity contribution in [3.63, 3.8) is 0 Å². The molecule has 2 atom stereocenters. The molecule has 1 saturated heterocycles. The molecule has 1 aromatic rings. The molecule has 2 aliphatic rings. The molecule has 1 saturated carbocycles. The largest absolute Gasteiger partial charge is 0.383 e. The Morgan fingerprint density at radius 3 is 2.61 bits per heavy atom. The number of ether oxygens (including phenoxy) is 1. The lowest BCUT2D eigenvalue weighted by atomic mass is 9.80. The first kappa shape index (κ1) is 28.4. The van der Waals surface area contributed by atoms with E-state index in [4.69, 9.17) is 16.3 Å². The van der Waals surface area contributed by atoms with Crippen LogP contribution in [0.3, 0.4) is 0 Å². The highest BCUT2D eigenvalue weighted by Crippen LogP contribution is 2.29. The monoisotopic (exact) mass is 522 g/mol. The number of unbranched alkanes of at least 4 members (excludes halogenated alkanes) is 1. The lowest BCUT2D eigenvalue weighted by Gasteiger charge is -2.40. The van der Waals surface area contributed by atoms with Gasteiger partial charge in [-0.05, 0) is 49.9 Å². The van der Waals surface area contributed by atoms with E-state index in [1.54, 1.807) is 4.90 Å². The average Bonchev–Trinajstić information content (AvgIpc) is 2.90. The van der Waals surface area contributed by atoms with Gasteiger partial charge in [-0.3, -0.25) is 4.79 Å². The van der Waals surface area contributed by atoms with Gasteiger partial charge in [-0.25, -0.2) is 4.79 Å². The van der Waals surface area contributed by atoms with E-state index in [1.807, 2.05) is 24.3 Å². The zero-order valence-corrected chi connectivity index (χ0v) is 21.6. The van der Waals surface area contributed by atoms with Crippen LogP contribution in [0.5, 0.6) is 0 Å². The minimum absolute atomic E-state index is 0.270. The summed E-state index contributed by atoms with van der Waals surface area (Å²) in [5.74, 6) is -0.325. The third-order valence-electron chi connectivity index (χ3n) is 6.99. The minimum atomic E-state index is -1.30. The first-order valence-electron chi connectivity index (χ1n) is 13.0. The number of rotatable bonds is 12. The quantitative estimate of drug-likeness (QED) is 0.247. The molecule has 0 radical (unpaired) electrons. The predicted molar refractivity (Wildman–Crippen MR) is 138 cm³/mol. The topological polar surface area (TPSA) is 120 Å². The standard InChI is InChI=1S/C26H39ClN4O5/c27-21-8-6-7-20(17-21)18-28-12-5-2-9-22(23(33)19-32)29-24(34)26(10-3-1-4-11-26)30-25(35)31-13-15-36-16-14-31/h6-8,17,19,22-23,28,33H,1-5,9-16,18H2,(H,29,34)(H,30,35)/t22-,23?/m0/s1. The Hall–Kier alpha value is -2.20. The third-order valence-corrected chi connectivity index (χ3v) is 7.23. The fourth-order valence-electron chi connectivity index (χ4n) is 4.84. The van der Waals surface area contributed by atoms with Crippen LogP contribution >= 0.6 is 11.6 Å². The van der Waals surface area contributed by atoms with E-state index in [-0.39, 0.29) is 11.9 Å². The lowest BCUT2D eigenvalue weighted by Crippen LogP contribution is -2.64. The second kappa shape index (κ2) is 14.5. The summed E-state index contributed by atoms with van der Waals surface area (Å²) in [6, 6.07) is 6.69. The predicted octanol–water partition coefficient (Wildman–Crippen LogP) is 2.39. The van der Waals surface area contributed by atoms with Gasteiger partial charge < -0.3 is 35.5 Å². The van der Waals surface area contributed by atoms with E-state index >= 15 is 0 Å². The van der Waals surface area contributed by atoms with E-state index in [1.165, 1.54) is 0 Å². The Morgan fingerprint density at radius 1 is 1.17 bits per heavy atom. The van der Waals surface area contributed by atoms with Crippen molar-refractivity contribution >= 4 is 29.8 Å². The number of hydrogen-bond donors (Lipinski definition) is 4. The first-order valence-corrected chi connectivity index (χ1v) is 13.4. The maximum Gasteiger partial charge on any atom is 0.318 e. The van der Waals surface area contributed by atoms with Gasteiger partial charge in [0, 0.05) is 24.7 Å². The van der Waals surface area contributed by atoms with E-state index in [9.17, 15) is 19.5 Å². The molecule has 0 aromatic heterocycles. The maximum absolute atomic E-state index is 13.5. The number of aliphatic hydroxyl groups excluding tert-OH is 1. The molecule has 10 heteroatoms. The highest BCUT2D eigenvalue weighted by atomic mass is 35.5. The molecule has 36 heavy (non-hydrogen) atoms. The summed E-state index contributed by atoms with van der Waals surface area (Å²) in [7, 11) is 0. The molecule has 1 unspecified atom stereocenters. The Kier molecular flexibility index (Phi) is 11.4. The number of urea groups is 1. The molecule has 1 aliphatic heterocycles. The number of halogens is 1. The molecule has 1 aromatic carbocycles. The Bertz CT molecular complexity index is 858. The fourth-order valence-corrected chi connectivity index (χ4v) is 5.05. The average molecular weight is 523 g/mol. The molecule has 3 rings (SSSR count). The number of benzene rings is 1. The van der Waals surface area contributed by atoms with Crippen molar-refractivity contribution in [2.24, 2.45) is 0 Å². The Labute approximate surface area is 218 Å². The van der Waals surface area contributed by atoms with Gasteiger partial charge in [-0.1, -0.05) is 49.4 Å². The summed E-state index contributed by atoms with van der Waals surface area (Å²) in [6.45, 7) is 3.39. The van der Waals surface area contributed by atoms with Crippen LogP contribution in [-0.4, -0.2) is 78.8 Å². The Morgan fingerprint density at radius 2 is 1.92 bits per heavy atom. The SMILES string of the molecule is O=CC(O)[C@H](CCCCNCc1cccc(Cl)c1)NC(=O)C1(NC(=O)N2CCOCC2)CCCCC1. The summed E-state index contributed by atoms with van der Waals surface area (Å²) in [6.07, 6.45) is 4.88. The maximum atomic E-state index is 13.5. The van der Waals surface area contributed by atoms with Gasteiger partial charge >= 0.3 is 6.03 Å². The second-order valence-corrected chi connectivity index (χ2v) is 10.1. The molecular formula is C26H39ClN4O5. The molecular weight excluding hydrogens is 484 g/mol. The number of nitrogens with zero attached hydrogens (tertiary/aromatic N) is 1. The van der Waals surface area contributed by atoms with Crippen LogP contribution in [0, 0.1) is 0 Å². The number of carbonyl (C=O) groups is 3. The van der Waals surface area contributed by atoms with Crippen LogP contribution in [0.4, 0.5) is 4.79 Å². The third kappa shape index (κ3) is 8.44. The normalized spacial score (nSPS) is 19.2. The molecule has 9 nitrogen and oxygen atoms in total. The van der Waals surface area contributed by atoms with E-state index in [0.29, 0.717) is 69.8 Å². The summed E-state index contributed by atoms with van der Waals surface area (Å²) >= 11 is 6.02. The highest BCUT2D eigenvalue weighted by Gasteiger charge is 2.43. The molecule has 4 N–H and O–H groups in total. The molecule has 2 fully saturated rings. The number of amides is 3. The number of morpholine rings is 1. The van der Waals surface area contributed by atoms with Gasteiger partial charge in [-0.15, -0.1) is 0 Å². The summed E-state index contributed by atoms with van der Waals surface area (Å²) in [5, 5.41) is 20.2. The van der Waals surface area contributed by atoms with Gasteiger partial charge in [0.15, 0.2) is 6.29 Å². The molecule has 0 bridgehead atoms. The Balaban J connectivity index is 1.51. The van der Waals surface area contributed by atoms with Crippen LogP contribution in [0.15, 0.2) is 24.3 Å². The van der Waals surface area contributed by atoms with E-state index in [0.717, 1.165) is 37.8 Å². The lowest BCUT2D eigenvalue weighted by molar-refractivity contribution is -0.131. The number of aliphatic hydroxyl groups is 1. The zero-order chi connectivity index (χ0) is 25.8. The van der Waals surface area contributed by atoms with Crippen molar-refractivity contribution in [2.45, 2.75) is 75.6 Å². The fraction of sp³-hybridized carbons (Fsp3) is 0.654. The number of carbonyl (C=O) groups excluding carboxylic acids is 3. The van der Waals surface area contributed by atoms with Crippen LogP contribution < -0.4 is 16.0 Å². The van der Waals surface area contributed by atoms with Crippen molar-refractivity contribution in [1.82, 2.24) is 20.9 Å². The number of hydrogen-bond acceptors (Lipinski definition) is 6. The van der Waals surface area contributed by atoms with E-state index < -0.39 is 17.7 Å². The number of nitrogens with one attached hydrogen (secondary N) is 3. The highest BCUT2D eigenvalue weighted by molar-refractivity contribution is 6.30. The summed E-state index contributed by atoms with van der Waals surface area (Å²) in [5.41, 5.74) is 0.0634. The van der Waals surface area contributed by atoms with Gasteiger partial charge in [0.2, 0.25) is 5.91 Å². The molecule has 200 valence electrons. The van der Waals surface area contributed by atoms with Gasteiger partial charge in [0.25, 0.3) is 0 Å². The van der Waals surface area contributed by atoms with Gasteiger partial charge in [-0.2, -0.15) is 0 Å². The molecule has 0 spiro atoms. The summed E-state index contributed by atoms with van der Waals surface area (Å²) < 4.78 is 5.32. The van der Waals surface area contributed by atoms with Gasteiger partial charge in [0.1, 0.15) is 11.6 Å². The van der Waals surface area contributed by atoms with Crippen LogP contribution in [0.2, 0.25) is 5.02 Å². The van der Waals surface area contributed by atoms with Crippen molar-refractivity contribution in [2.75, 3.05) is 32.8 Å². The van der Waals surface area contributed by atoms with Crippen molar-refractivity contribution < 1.29 is 24.2 Å². The van der Waals surface area contributed by atoms with Crippen molar-refractivity contribution in [3.8, 4) is 0 Å². The number of aldehydes is 1. The first-order chi connectivity index (χ1) is 17.4.